The van der Waals surface area contributed by atoms with Gasteiger partial charge in [-0.25, -0.2) is 4.68 Å². The average molecular weight is 249 g/mol. The molecule has 0 amide bonds. The minimum atomic E-state index is -0.0544. The molecule has 0 aromatic carbocycles. The molecule has 2 aromatic heterocycles. The zero-order valence-electron chi connectivity index (χ0n) is 9.72. The van der Waals surface area contributed by atoms with Crippen molar-refractivity contribution in [3.63, 3.8) is 0 Å². The van der Waals surface area contributed by atoms with Crippen molar-refractivity contribution in [1.29, 1.82) is 0 Å². The molecular weight excluding hydrogens is 234 g/mol. The van der Waals surface area contributed by atoms with Crippen LogP contribution in [0.3, 0.4) is 0 Å². The molecule has 0 aliphatic rings. The fraction of sp³-hybridized carbons (Fsp3) is 0.333. The van der Waals surface area contributed by atoms with Gasteiger partial charge < -0.3 is 5.32 Å². The number of hydrogen-bond acceptors (Lipinski definition) is 4. The predicted octanol–water partition coefficient (Wildman–Crippen LogP) is 1.40. The van der Waals surface area contributed by atoms with Crippen LogP contribution in [0.2, 0.25) is 0 Å². The highest BCUT2D eigenvalue weighted by Gasteiger charge is 1.97. The van der Waals surface area contributed by atoms with Crippen LogP contribution in [0.4, 0.5) is 0 Å². The molecule has 1 N–H and O–H groups in total. The van der Waals surface area contributed by atoms with Crippen LogP contribution in [0.25, 0.3) is 0 Å². The number of thiophene rings is 1. The van der Waals surface area contributed by atoms with E-state index in [-0.39, 0.29) is 5.56 Å². The first-order chi connectivity index (χ1) is 8.25. The van der Waals surface area contributed by atoms with Crippen LogP contribution in [-0.4, -0.2) is 16.3 Å². The first kappa shape index (κ1) is 12.0. The Bertz CT molecular complexity index is 532. The predicted molar refractivity (Wildman–Crippen MR) is 69.3 cm³/mol. The van der Waals surface area contributed by atoms with Crippen molar-refractivity contribution in [3.05, 3.63) is 50.6 Å². The van der Waals surface area contributed by atoms with Gasteiger partial charge in [0.05, 0.1) is 6.54 Å². The summed E-state index contributed by atoms with van der Waals surface area (Å²) in [6.07, 6.45) is 1.63. The van der Waals surface area contributed by atoms with Crippen LogP contribution in [0.5, 0.6) is 0 Å². The van der Waals surface area contributed by atoms with E-state index in [0.717, 1.165) is 13.1 Å². The smallest absolute Gasteiger partial charge is 0.266 e. The lowest BCUT2D eigenvalue weighted by Crippen LogP contribution is -2.27. The fourth-order valence-corrected chi connectivity index (χ4v) is 2.39. The van der Waals surface area contributed by atoms with Gasteiger partial charge in [-0.15, -0.1) is 11.3 Å². The van der Waals surface area contributed by atoms with Crippen LogP contribution in [0.1, 0.15) is 9.75 Å². The Morgan fingerprint density at radius 1 is 1.41 bits per heavy atom. The Balaban J connectivity index is 1.77. The van der Waals surface area contributed by atoms with Crippen LogP contribution >= 0.6 is 11.3 Å². The number of nitrogens with zero attached hydrogens (tertiary/aromatic N) is 2. The minimum Gasteiger partial charge on any atom is -0.310 e. The summed E-state index contributed by atoms with van der Waals surface area (Å²) in [6.45, 7) is 4.29. The summed E-state index contributed by atoms with van der Waals surface area (Å²) >= 11 is 1.79. The Kier molecular flexibility index (Phi) is 4.06. The molecule has 0 bridgehead atoms. The summed E-state index contributed by atoms with van der Waals surface area (Å²) in [7, 11) is 0. The van der Waals surface area contributed by atoms with E-state index in [1.54, 1.807) is 23.6 Å². The largest absolute Gasteiger partial charge is 0.310 e. The summed E-state index contributed by atoms with van der Waals surface area (Å²) in [5, 5.41) is 7.30. The molecule has 0 radical (unpaired) electrons. The van der Waals surface area contributed by atoms with Crippen LogP contribution < -0.4 is 10.9 Å². The van der Waals surface area contributed by atoms with E-state index in [0.29, 0.717) is 6.54 Å². The summed E-state index contributed by atoms with van der Waals surface area (Å²) in [5.74, 6) is 0. The monoisotopic (exact) mass is 249 g/mol. The summed E-state index contributed by atoms with van der Waals surface area (Å²) in [4.78, 5) is 14.0. The standard InChI is InChI=1S/C12H15N3OS/c1-10-4-5-11(17-10)9-13-7-8-15-12(16)3-2-6-14-15/h2-6,13H,7-9H2,1H3. The number of rotatable bonds is 5. The van der Waals surface area contributed by atoms with Gasteiger partial charge in [0.15, 0.2) is 0 Å². The van der Waals surface area contributed by atoms with Gasteiger partial charge >= 0.3 is 0 Å². The maximum absolute atomic E-state index is 11.4. The van der Waals surface area contributed by atoms with E-state index in [4.69, 9.17) is 0 Å². The van der Waals surface area contributed by atoms with Crippen LogP contribution in [-0.2, 0) is 13.1 Å². The van der Waals surface area contributed by atoms with Gasteiger partial charge in [-0.2, -0.15) is 5.10 Å². The quantitative estimate of drug-likeness (QED) is 0.815. The third-order valence-corrected chi connectivity index (χ3v) is 3.38. The molecule has 17 heavy (non-hydrogen) atoms. The van der Waals surface area contributed by atoms with Gasteiger partial charge in [0, 0.05) is 35.1 Å². The highest BCUT2D eigenvalue weighted by atomic mass is 32.1. The molecule has 0 aliphatic heterocycles. The van der Waals surface area contributed by atoms with E-state index in [2.05, 4.69) is 29.5 Å². The molecule has 5 heteroatoms. The van der Waals surface area contributed by atoms with Gasteiger partial charge in [-0.3, -0.25) is 4.79 Å². The average Bonchev–Trinajstić information content (AvgIpc) is 2.73. The molecule has 4 nitrogen and oxygen atoms in total. The molecular formula is C12H15N3OS. The van der Waals surface area contributed by atoms with Gasteiger partial charge in [-0.1, -0.05) is 0 Å². The normalized spacial score (nSPS) is 10.6. The zero-order valence-corrected chi connectivity index (χ0v) is 10.5. The maximum Gasteiger partial charge on any atom is 0.266 e. The fourth-order valence-electron chi connectivity index (χ4n) is 1.53. The highest BCUT2D eigenvalue weighted by Crippen LogP contribution is 2.14. The van der Waals surface area contributed by atoms with Crippen molar-refractivity contribution in [2.45, 2.75) is 20.0 Å². The van der Waals surface area contributed by atoms with E-state index in [1.165, 1.54) is 20.5 Å². The molecule has 2 rings (SSSR count). The zero-order chi connectivity index (χ0) is 12.1. The molecule has 0 atom stereocenters. The Labute approximate surface area is 104 Å². The third-order valence-electron chi connectivity index (χ3n) is 2.38. The van der Waals surface area contributed by atoms with Crippen LogP contribution in [0, 0.1) is 6.92 Å². The Hall–Kier alpha value is -1.46. The number of nitrogens with one attached hydrogen (secondary N) is 1. The highest BCUT2D eigenvalue weighted by molar-refractivity contribution is 7.11. The van der Waals surface area contributed by atoms with Gasteiger partial charge in [0.2, 0.25) is 0 Å². The van der Waals surface area contributed by atoms with Gasteiger partial charge in [0.25, 0.3) is 5.56 Å². The molecule has 2 aromatic rings. The Morgan fingerprint density at radius 2 is 2.29 bits per heavy atom. The van der Waals surface area contributed by atoms with E-state index in [1.807, 2.05) is 0 Å². The molecule has 2 heterocycles. The van der Waals surface area contributed by atoms with Crippen LogP contribution in [0.15, 0.2) is 35.3 Å². The number of aromatic nitrogens is 2. The topological polar surface area (TPSA) is 46.9 Å². The molecule has 0 saturated carbocycles. The van der Waals surface area contributed by atoms with Crippen molar-refractivity contribution < 1.29 is 0 Å². The van der Waals surface area contributed by atoms with Crippen molar-refractivity contribution in [2.75, 3.05) is 6.54 Å². The van der Waals surface area contributed by atoms with Crippen molar-refractivity contribution in [1.82, 2.24) is 15.1 Å². The number of aryl methyl sites for hydroxylation is 1. The second-order valence-corrected chi connectivity index (χ2v) is 5.15. The lowest BCUT2D eigenvalue weighted by atomic mass is 10.4. The van der Waals surface area contributed by atoms with Crippen molar-refractivity contribution in [2.24, 2.45) is 0 Å². The van der Waals surface area contributed by atoms with Gasteiger partial charge in [0.1, 0.15) is 0 Å². The van der Waals surface area contributed by atoms with Crippen molar-refractivity contribution >= 4 is 11.3 Å². The Morgan fingerprint density at radius 3 is 3.00 bits per heavy atom. The van der Waals surface area contributed by atoms with E-state index >= 15 is 0 Å². The first-order valence-electron chi connectivity index (χ1n) is 5.54. The molecule has 0 aliphatic carbocycles. The summed E-state index contributed by atoms with van der Waals surface area (Å²) in [6, 6.07) is 7.42. The first-order valence-corrected chi connectivity index (χ1v) is 6.35. The maximum atomic E-state index is 11.4. The summed E-state index contributed by atoms with van der Waals surface area (Å²) < 4.78 is 1.46. The van der Waals surface area contributed by atoms with Gasteiger partial charge in [-0.05, 0) is 25.1 Å². The molecule has 0 fully saturated rings. The minimum absolute atomic E-state index is 0.0544. The summed E-state index contributed by atoms with van der Waals surface area (Å²) in [5.41, 5.74) is -0.0544. The van der Waals surface area contributed by atoms with E-state index in [9.17, 15) is 4.79 Å². The number of hydrogen-bond donors (Lipinski definition) is 1. The third kappa shape index (κ3) is 3.51. The lowest BCUT2D eigenvalue weighted by Gasteiger charge is -2.04. The lowest BCUT2D eigenvalue weighted by molar-refractivity contribution is 0.533. The molecule has 0 spiro atoms. The molecule has 0 saturated heterocycles. The molecule has 0 unspecified atom stereocenters. The second kappa shape index (κ2) is 5.75. The second-order valence-electron chi connectivity index (χ2n) is 3.77. The van der Waals surface area contributed by atoms with Crippen molar-refractivity contribution in [3.8, 4) is 0 Å². The van der Waals surface area contributed by atoms with E-state index < -0.39 is 0 Å². The SMILES string of the molecule is Cc1ccc(CNCCn2ncccc2=O)s1. The molecule has 90 valence electrons.